The first-order chi connectivity index (χ1) is 11.1. The number of hydrogen-bond donors (Lipinski definition) is 2. The van der Waals surface area contributed by atoms with Gasteiger partial charge in [0, 0.05) is 25.9 Å². The minimum Gasteiger partial charge on any atom is -0.385 e. The maximum atomic E-state index is 11.9. The van der Waals surface area contributed by atoms with E-state index >= 15 is 0 Å². The molecule has 2 rings (SSSR count). The van der Waals surface area contributed by atoms with Gasteiger partial charge in [-0.1, -0.05) is 12.1 Å². The third-order valence-corrected chi connectivity index (χ3v) is 3.48. The fourth-order valence-electron chi connectivity index (χ4n) is 2.14. The Morgan fingerprint density at radius 2 is 2.04 bits per heavy atom. The van der Waals surface area contributed by atoms with Crippen molar-refractivity contribution in [2.24, 2.45) is 0 Å². The van der Waals surface area contributed by atoms with E-state index in [0.29, 0.717) is 18.8 Å². The Bertz CT molecular complexity index is 654. The summed E-state index contributed by atoms with van der Waals surface area (Å²) in [5, 5.41) is 6.15. The maximum Gasteiger partial charge on any atom is 0.269 e. The lowest BCUT2D eigenvalue weighted by Gasteiger charge is -2.11. The lowest BCUT2D eigenvalue weighted by molar-refractivity contribution is 0.0943. The first-order valence-electron chi connectivity index (χ1n) is 7.67. The topological polar surface area (TPSA) is 63.2 Å². The van der Waals surface area contributed by atoms with Crippen LogP contribution in [0.25, 0.3) is 0 Å². The molecule has 2 N–H and O–H groups in total. The van der Waals surface area contributed by atoms with E-state index in [4.69, 9.17) is 4.74 Å². The van der Waals surface area contributed by atoms with E-state index in [1.54, 1.807) is 19.4 Å². The summed E-state index contributed by atoms with van der Waals surface area (Å²) in [6.07, 6.45) is 2.46. The van der Waals surface area contributed by atoms with Crippen molar-refractivity contribution in [3.8, 4) is 0 Å². The van der Waals surface area contributed by atoms with Crippen LogP contribution in [-0.4, -0.2) is 31.2 Å². The van der Waals surface area contributed by atoms with Gasteiger partial charge in [0.15, 0.2) is 0 Å². The van der Waals surface area contributed by atoms with Gasteiger partial charge in [0.05, 0.1) is 11.9 Å². The molecule has 0 unspecified atom stereocenters. The number of pyridine rings is 1. The summed E-state index contributed by atoms with van der Waals surface area (Å²) < 4.78 is 4.94. The van der Waals surface area contributed by atoms with Gasteiger partial charge in [0.25, 0.3) is 5.91 Å². The zero-order valence-corrected chi connectivity index (χ0v) is 13.8. The SMILES string of the molecule is COCCCNC(=O)c1ccc(Nc2cc(C)ccc2C)cn1. The second kappa shape index (κ2) is 8.29. The maximum absolute atomic E-state index is 11.9. The molecule has 122 valence electrons. The molecule has 0 spiro atoms. The van der Waals surface area contributed by atoms with Crippen molar-refractivity contribution >= 4 is 17.3 Å². The van der Waals surface area contributed by atoms with Crippen molar-refractivity contribution in [2.75, 3.05) is 25.6 Å². The molecule has 0 saturated heterocycles. The van der Waals surface area contributed by atoms with E-state index in [0.717, 1.165) is 23.4 Å². The highest BCUT2D eigenvalue weighted by Crippen LogP contribution is 2.21. The molecule has 1 aromatic carbocycles. The van der Waals surface area contributed by atoms with Crippen LogP contribution in [0.2, 0.25) is 0 Å². The van der Waals surface area contributed by atoms with E-state index in [1.807, 2.05) is 6.07 Å². The van der Waals surface area contributed by atoms with Crippen molar-refractivity contribution < 1.29 is 9.53 Å². The summed E-state index contributed by atoms with van der Waals surface area (Å²) in [6, 6.07) is 9.83. The molecule has 1 amide bonds. The van der Waals surface area contributed by atoms with Gasteiger partial charge in [-0.15, -0.1) is 0 Å². The Morgan fingerprint density at radius 3 is 2.74 bits per heavy atom. The quantitative estimate of drug-likeness (QED) is 0.771. The molecule has 1 heterocycles. The number of anilines is 2. The van der Waals surface area contributed by atoms with Crippen LogP contribution in [0.3, 0.4) is 0 Å². The molecule has 0 fully saturated rings. The lowest BCUT2D eigenvalue weighted by Crippen LogP contribution is -2.26. The molecule has 1 aromatic heterocycles. The van der Waals surface area contributed by atoms with Crippen molar-refractivity contribution in [2.45, 2.75) is 20.3 Å². The van der Waals surface area contributed by atoms with Gasteiger partial charge in [0.1, 0.15) is 5.69 Å². The average Bonchev–Trinajstić information content (AvgIpc) is 2.55. The summed E-state index contributed by atoms with van der Waals surface area (Å²) in [5.74, 6) is -0.167. The van der Waals surface area contributed by atoms with Gasteiger partial charge in [-0.25, -0.2) is 4.98 Å². The predicted molar refractivity (Wildman–Crippen MR) is 92.3 cm³/mol. The van der Waals surface area contributed by atoms with Crippen LogP contribution in [0.15, 0.2) is 36.5 Å². The van der Waals surface area contributed by atoms with Gasteiger partial charge < -0.3 is 15.4 Å². The van der Waals surface area contributed by atoms with E-state index in [1.165, 1.54) is 5.56 Å². The molecule has 0 bridgehead atoms. The molecule has 5 nitrogen and oxygen atoms in total. The Kier molecular flexibility index (Phi) is 6.11. The standard InChI is InChI=1S/C18H23N3O2/c1-13-5-6-14(2)17(11-13)21-15-7-8-16(20-12-15)18(22)19-9-4-10-23-3/h5-8,11-12,21H,4,9-10H2,1-3H3,(H,19,22). The van der Waals surface area contributed by atoms with Gasteiger partial charge >= 0.3 is 0 Å². The number of hydrogen-bond acceptors (Lipinski definition) is 4. The van der Waals surface area contributed by atoms with Crippen LogP contribution in [0.5, 0.6) is 0 Å². The second-order valence-electron chi connectivity index (χ2n) is 5.48. The molecular weight excluding hydrogens is 290 g/mol. The molecule has 0 atom stereocenters. The molecular formula is C18H23N3O2. The Balaban J connectivity index is 1.96. The third-order valence-electron chi connectivity index (χ3n) is 3.48. The minimum absolute atomic E-state index is 0.167. The predicted octanol–water partition coefficient (Wildman–Crippen LogP) is 3.21. The van der Waals surface area contributed by atoms with Crippen LogP contribution >= 0.6 is 0 Å². The number of carbonyl (C=O) groups excluding carboxylic acids is 1. The minimum atomic E-state index is -0.167. The number of methoxy groups -OCH3 is 1. The Labute approximate surface area is 137 Å². The summed E-state index contributed by atoms with van der Waals surface area (Å²) in [5.41, 5.74) is 4.67. The van der Waals surface area contributed by atoms with E-state index in [-0.39, 0.29) is 5.91 Å². The Hall–Kier alpha value is -2.40. The number of rotatable bonds is 7. The van der Waals surface area contributed by atoms with Crippen molar-refractivity contribution in [1.82, 2.24) is 10.3 Å². The number of nitrogens with zero attached hydrogens (tertiary/aromatic N) is 1. The molecule has 23 heavy (non-hydrogen) atoms. The van der Waals surface area contributed by atoms with Crippen LogP contribution in [0.1, 0.15) is 28.0 Å². The summed E-state index contributed by atoms with van der Waals surface area (Å²) in [7, 11) is 1.64. The number of aryl methyl sites for hydroxylation is 2. The first kappa shape index (κ1) is 17.0. The molecule has 0 saturated carbocycles. The molecule has 0 aliphatic rings. The number of aromatic nitrogens is 1. The van der Waals surface area contributed by atoms with E-state index in [9.17, 15) is 4.79 Å². The van der Waals surface area contributed by atoms with Crippen LogP contribution in [-0.2, 0) is 4.74 Å². The highest BCUT2D eigenvalue weighted by atomic mass is 16.5. The largest absolute Gasteiger partial charge is 0.385 e. The van der Waals surface area contributed by atoms with Crippen LogP contribution in [0.4, 0.5) is 11.4 Å². The zero-order chi connectivity index (χ0) is 16.7. The number of carbonyl (C=O) groups is 1. The van der Waals surface area contributed by atoms with Crippen LogP contribution < -0.4 is 10.6 Å². The smallest absolute Gasteiger partial charge is 0.269 e. The fraction of sp³-hybridized carbons (Fsp3) is 0.333. The van der Waals surface area contributed by atoms with Crippen molar-refractivity contribution in [3.05, 3.63) is 53.3 Å². The fourth-order valence-corrected chi connectivity index (χ4v) is 2.14. The van der Waals surface area contributed by atoms with E-state index < -0.39 is 0 Å². The third kappa shape index (κ3) is 5.07. The summed E-state index contributed by atoms with van der Waals surface area (Å²) in [4.78, 5) is 16.2. The van der Waals surface area contributed by atoms with Gasteiger partial charge in [-0.3, -0.25) is 4.79 Å². The monoisotopic (exact) mass is 313 g/mol. The Morgan fingerprint density at radius 1 is 1.22 bits per heavy atom. The van der Waals surface area contributed by atoms with Gasteiger partial charge in [-0.2, -0.15) is 0 Å². The summed E-state index contributed by atoms with van der Waals surface area (Å²) >= 11 is 0. The van der Waals surface area contributed by atoms with Gasteiger partial charge in [0.2, 0.25) is 0 Å². The van der Waals surface area contributed by atoms with Gasteiger partial charge in [-0.05, 0) is 49.6 Å². The number of ether oxygens (including phenoxy) is 1. The number of amides is 1. The average molecular weight is 313 g/mol. The van der Waals surface area contributed by atoms with E-state index in [2.05, 4.69) is 47.7 Å². The number of benzene rings is 1. The second-order valence-corrected chi connectivity index (χ2v) is 5.48. The molecule has 0 radical (unpaired) electrons. The molecule has 0 aliphatic heterocycles. The lowest BCUT2D eigenvalue weighted by atomic mass is 10.1. The highest BCUT2D eigenvalue weighted by Gasteiger charge is 2.07. The first-order valence-corrected chi connectivity index (χ1v) is 7.67. The molecule has 0 aliphatic carbocycles. The number of nitrogens with one attached hydrogen (secondary N) is 2. The van der Waals surface area contributed by atoms with Crippen LogP contribution in [0, 0.1) is 13.8 Å². The zero-order valence-electron chi connectivity index (χ0n) is 13.8. The van der Waals surface area contributed by atoms with Crippen molar-refractivity contribution in [1.29, 1.82) is 0 Å². The highest BCUT2D eigenvalue weighted by molar-refractivity contribution is 5.92. The molecule has 5 heteroatoms. The normalized spacial score (nSPS) is 10.4. The molecule has 2 aromatic rings. The summed E-state index contributed by atoms with van der Waals surface area (Å²) in [6.45, 7) is 5.32. The van der Waals surface area contributed by atoms with Crippen molar-refractivity contribution in [3.63, 3.8) is 0 Å².